The molecule has 1 aromatic heterocycles. The molecule has 28 heavy (non-hydrogen) atoms. The van der Waals surface area contributed by atoms with E-state index in [-0.39, 0.29) is 23.6 Å². The molecule has 9 heteroatoms. The molecule has 1 fully saturated rings. The summed E-state index contributed by atoms with van der Waals surface area (Å²) in [6, 6.07) is 9.82. The van der Waals surface area contributed by atoms with Crippen LogP contribution in [0.3, 0.4) is 0 Å². The average Bonchev–Trinajstić information content (AvgIpc) is 2.69. The zero-order valence-electron chi connectivity index (χ0n) is 16.2. The third-order valence-corrected chi connectivity index (χ3v) is 6.17. The minimum absolute atomic E-state index is 0.0310. The Morgan fingerprint density at radius 3 is 2.36 bits per heavy atom. The fourth-order valence-corrected chi connectivity index (χ4v) is 4.49. The lowest BCUT2D eigenvalue weighted by Crippen LogP contribution is -2.44. The van der Waals surface area contributed by atoms with Crippen LogP contribution in [-0.4, -0.2) is 55.3 Å². The number of sulfonamides is 1. The Hall–Kier alpha value is -2.39. The van der Waals surface area contributed by atoms with E-state index in [2.05, 4.69) is 10.2 Å². The van der Waals surface area contributed by atoms with Gasteiger partial charge in [0.25, 0.3) is 0 Å². The third kappa shape index (κ3) is 4.90. The Balaban J connectivity index is 1.67. The van der Waals surface area contributed by atoms with Crippen LogP contribution in [0.5, 0.6) is 17.5 Å². The fourth-order valence-electron chi connectivity index (χ4n) is 2.98. The van der Waals surface area contributed by atoms with Gasteiger partial charge in [-0.3, -0.25) is 0 Å². The topological polar surface area (TPSA) is 90.9 Å². The number of aromatic nitrogens is 2. The van der Waals surface area contributed by atoms with E-state index in [0.29, 0.717) is 30.5 Å². The van der Waals surface area contributed by atoms with Crippen molar-refractivity contribution in [3.05, 3.63) is 36.4 Å². The van der Waals surface area contributed by atoms with Crippen molar-refractivity contribution in [3.63, 3.8) is 0 Å². The lowest BCUT2D eigenvalue weighted by atomic mass is 10.1. The highest BCUT2D eigenvalue weighted by molar-refractivity contribution is 7.89. The lowest BCUT2D eigenvalue weighted by molar-refractivity contribution is 0.123. The molecule has 2 aromatic rings. The molecule has 0 aliphatic carbocycles. The second-order valence-electron chi connectivity index (χ2n) is 6.80. The van der Waals surface area contributed by atoms with Gasteiger partial charge >= 0.3 is 0 Å². The van der Waals surface area contributed by atoms with Crippen molar-refractivity contribution in [2.24, 2.45) is 0 Å². The largest absolute Gasteiger partial charge is 0.491 e. The predicted molar refractivity (Wildman–Crippen MR) is 103 cm³/mol. The van der Waals surface area contributed by atoms with Crippen molar-refractivity contribution in [2.45, 2.75) is 43.8 Å². The van der Waals surface area contributed by atoms with E-state index in [4.69, 9.17) is 14.2 Å². The molecular formula is C19H25N3O5S. The van der Waals surface area contributed by atoms with Gasteiger partial charge in [0, 0.05) is 18.7 Å². The number of rotatable bonds is 7. The monoisotopic (exact) mass is 407 g/mol. The molecule has 1 unspecified atom stereocenters. The van der Waals surface area contributed by atoms with Crippen LogP contribution in [0.1, 0.15) is 26.7 Å². The number of hydrogen-bond donors (Lipinski definition) is 0. The normalized spacial score (nSPS) is 18.1. The molecule has 8 nitrogen and oxygen atoms in total. The van der Waals surface area contributed by atoms with E-state index in [9.17, 15) is 8.42 Å². The lowest BCUT2D eigenvalue weighted by Gasteiger charge is -2.31. The van der Waals surface area contributed by atoms with E-state index in [1.165, 1.54) is 11.4 Å². The Morgan fingerprint density at radius 1 is 1.07 bits per heavy atom. The summed E-state index contributed by atoms with van der Waals surface area (Å²) in [7, 11) is -2.09. The summed E-state index contributed by atoms with van der Waals surface area (Å²) in [6.07, 6.45) is 1.21. The smallest absolute Gasteiger partial charge is 0.243 e. The number of nitrogens with zero attached hydrogens (tertiary/aromatic N) is 3. The number of piperidine rings is 1. The predicted octanol–water partition coefficient (Wildman–Crippen LogP) is 2.50. The zero-order chi connectivity index (χ0) is 20.1. The number of methoxy groups -OCH3 is 1. The van der Waals surface area contributed by atoms with Crippen molar-refractivity contribution in [2.75, 3.05) is 20.2 Å². The van der Waals surface area contributed by atoms with Crippen LogP contribution in [0.2, 0.25) is 0 Å². The van der Waals surface area contributed by atoms with Crippen LogP contribution in [0.25, 0.3) is 0 Å². The van der Waals surface area contributed by atoms with Crippen LogP contribution in [0.15, 0.2) is 41.3 Å². The van der Waals surface area contributed by atoms with Gasteiger partial charge in [-0.05, 0) is 51.0 Å². The number of benzene rings is 1. The second-order valence-corrected chi connectivity index (χ2v) is 8.74. The summed E-state index contributed by atoms with van der Waals surface area (Å²) in [5.41, 5.74) is 0. The van der Waals surface area contributed by atoms with Gasteiger partial charge in [-0.1, -0.05) is 0 Å². The SMILES string of the molecule is COc1ccc(OC2CCCN(S(=O)(=O)c3ccc(OC(C)C)cc3)C2)nn1. The standard InChI is InChI=1S/C19H25N3O5S/c1-14(2)26-15-6-8-17(9-7-15)28(23,24)22-12-4-5-16(13-22)27-19-11-10-18(25-3)20-21-19/h6-11,14,16H,4-5,12-13H2,1-3H3. The molecule has 1 aliphatic rings. The second kappa shape index (κ2) is 8.74. The van der Waals surface area contributed by atoms with Gasteiger partial charge in [0.2, 0.25) is 21.8 Å². The van der Waals surface area contributed by atoms with Gasteiger partial charge in [-0.25, -0.2) is 8.42 Å². The fraction of sp³-hybridized carbons (Fsp3) is 0.474. The van der Waals surface area contributed by atoms with Gasteiger partial charge in [0.1, 0.15) is 11.9 Å². The average molecular weight is 407 g/mol. The summed E-state index contributed by atoms with van der Waals surface area (Å²) in [6.45, 7) is 4.57. The summed E-state index contributed by atoms with van der Waals surface area (Å²) in [5.74, 6) is 1.39. The maximum absolute atomic E-state index is 13.0. The molecule has 0 radical (unpaired) electrons. The van der Waals surface area contributed by atoms with Gasteiger partial charge in [-0.2, -0.15) is 4.31 Å². The molecular weight excluding hydrogens is 382 g/mol. The van der Waals surface area contributed by atoms with Crippen molar-refractivity contribution < 1.29 is 22.6 Å². The number of hydrogen-bond acceptors (Lipinski definition) is 7. The Morgan fingerprint density at radius 2 is 1.75 bits per heavy atom. The van der Waals surface area contributed by atoms with E-state index in [1.807, 2.05) is 13.8 Å². The van der Waals surface area contributed by atoms with Crippen LogP contribution >= 0.6 is 0 Å². The summed E-state index contributed by atoms with van der Waals surface area (Å²) < 4.78 is 43.8. The van der Waals surface area contributed by atoms with Crippen molar-refractivity contribution in [1.29, 1.82) is 0 Å². The van der Waals surface area contributed by atoms with Crippen LogP contribution < -0.4 is 14.2 Å². The minimum Gasteiger partial charge on any atom is -0.491 e. The van der Waals surface area contributed by atoms with Crippen molar-refractivity contribution in [1.82, 2.24) is 14.5 Å². The first-order chi connectivity index (χ1) is 13.4. The third-order valence-electron chi connectivity index (χ3n) is 4.29. The van der Waals surface area contributed by atoms with Gasteiger partial charge in [0.05, 0.1) is 24.7 Å². The molecule has 1 saturated heterocycles. The molecule has 0 spiro atoms. The summed E-state index contributed by atoms with van der Waals surface area (Å²) in [4.78, 5) is 0.244. The first-order valence-corrected chi connectivity index (χ1v) is 10.6. The maximum atomic E-state index is 13.0. The van der Waals surface area contributed by atoms with E-state index >= 15 is 0 Å². The molecule has 0 amide bonds. The van der Waals surface area contributed by atoms with Gasteiger partial charge in [-0.15, -0.1) is 10.2 Å². The highest BCUT2D eigenvalue weighted by atomic mass is 32.2. The van der Waals surface area contributed by atoms with Crippen LogP contribution in [0.4, 0.5) is 0 Å². The van der Waals surface area contributed by atoms with Crippen molar-refractivity contribution in [3.8, 4) is 17.5 Å². The van der Waals surface area contributed by atoms with E-state index in [0.717, 1.165) is 6.42 Å². The molecule has 0 saturated carbocycles. The summed E-state index contributed by atoms with van der Waals surface area (Å²) >= 11 is 0. The molecule has 2 heterocycles. The number of ether oxygens (including phenoxy) is 3. The quantitative estimate of drug-likeness (QED) is 0.696. The van der Waals surface area contributed by atoms with Crippen LogP contribution in [0, 0.1) is 0 Å². The minimum atomic E-state index is -3.60. The molecule has 3 rings (SSSR count). The highest BCUT2D eigenvalue weighted by Crippen LogP contribution is 2.25. The highest BCUT2D eigenvalue weighted by Gasteiger charge is 2.31. The first kappa shape index (κ1) is 20.3. The summed E-state index contributed by atoms with van der Waals surface area (Å²) in [5, 5.41) is 7.81. The molecule has 1 aliphatic heterocycles. The zero-order valence-corrected chi connectivity index (χ0v) is 17.1. The van der Waals surface area contributed by atoms with Gasteiger partial charge in [0.15, 0.2) is 0 Å². The molecule has 1 aromatic carbocycles. The first-order valence-electron chi connectivity index (χ1n) is 9.19. The maximum Gasteiger partial charge on any atom is 0.243 e. The molecule has 1 atom stereocenters. The van der Waals surface area contributed by atoms with Gasteiger partial charge < -0.3 is 14.2 Å². The van der Waals surface area contributed by atoms with Crippen LogP contribution in [-0.2, 0) is 10.0 Å². The van der Waals surface area contributed by atoms with E-state index in [1.54, 1.807) is 36.4 Å². The van der Waals surface area contributed by atoms with E-state index < -0.39 is 10.0 Å². The molecule has 0 bridgehead atoms. The Bertz CT molecular complexity index is 869. The molecule has 152 valence electrons. The Kier molecular flexibility index (Phi) is 6.35. The Labute approximate surface area is 165 Å². The molecule has 0 N–H and O–H groups in total. The van der Waals surface area contributed by atoms with Crippen molar-refractivity contribution >= 4 is 10.0 Å².